The first-order chi connectivity index (χ1) is 11.9. The van der Waals surface area contributed by atoms with Crippen LogP contribution in [0.1, 0.15) is 21.6 Å². The second-order valence-electron chi connectivity index (χ2n) is 5.69. The van der Waals surface area contributed by atoms with Crippen molar-refractivity contribution < 1.29 is 4.79 Å². The van der Waals surface area contributed by atoms with Gasteiger partial charge >= 0.3 is 0 Å². The van der Waals surface area contributed by atoms with Gasteiger partial charge in [-0.15, -0.1) is 4.91 Å². The third-order valence-electron chi connectivity index (χ3n) is 3.93. The average Bonchev–Trinajstić information content (AvgIpc) is 2.92. The number of rotatable bonds is 4. The number of aromatic nitrogens is 2. The SMILES string of the molecule is Cc1ccc(-n2nc(C(N)=O)c(C)c2-c2ccc(N=O)cc2)c(Cl)c1. The molecule has 6 nitrogen and oxygen atoms in total. The van der Waals surface area contributed by atoms with Gasteiger partial charge in [0.2, 0.25) is 0 Å². The molecule has 0 atom stereocenters. The van der Waals surface area contributed by atoms with Gasteiger partial charge in [-0.2, -0.15) is 5.10 Å². The van der Waals surface area contributed by atoms with E-state index in [1.54, 1.807) is 35.9 Å². The van der Waals surface area contributed by atoms with E-state index in [1.165, 1.54) is 0 Å². The molecule has 0 aliphatic rings. The number of aryl methyl sites for hydroxylation is 1. The third kappa shape index (κ3) is 3.04. The van der Waals surface area contributed by atoms with Crippen molar-refractivity contribution in [3.05, 3.63) is 69.2 Å². The lowest BCUT2D eigenvalue weighted by atomic mass is 10.1. The van der Waals surface area contributed by atoms with Crippen molar-refractivity contribution in [2.75, 3.05) is 0 Å². The van der Waals surface area contributed by atoms with Gasteiger partial charge in [-0.25, -0.2) is 4.68 Å². The van der Waals surface area contributed by atoms with Crippen molar-refractivity contribution in [1.29, 1.82) is 0 Å². The summed E-state index contributed by atoms with van der Waals surface area (Å²) in [6.45, 7) is 3.71. The minimum Gasteiger partial charge on any atom is -0.364 e. The Bertz CT molecular complexity index is 977. The lowest BCUT2D eigenvalue weighted by Crippen LogP contribution is -2.13. The van der Waals surface area contributed by atoms with E-state index in [1.807, 2.05) is 25.1 Å². The average molecular weight is 355 g/mol. The van der Waals surface area contributed by atoms with Gasteiger partial charge < -0.3 is 5.73 Å². The number of amides is 1. The lowest BCUT2D eigenvalue weighted by Gasteiger charge is -2.11. The zero-order chi connectivity index (χ0) is 18.1. The molecule has 0 saturated carbocycles. The predicted molar refractivity (Wildman–Crippen MR) is 97.5 cm³/mol. The molecule has 2 N–H and O–H groups in total. The standard InChI is InChI=1S/C18H15ClN4O2/c1-10-3-8-15(14(19)9-10)23-17(11(2)16(21-23)18(20)24)12-4-6-13(22-25)7-5-12/h3-9H,1-2H3,(H2,20,24). The molecule has 1 amide bonds. The molecular weight excluding hydrogens is 340 g/mol. The monoisotopic (exact) mass is 354 g/mol. The normalized spacial score (nSPS) is 10.7. The Kier molecular flexibility index (Phi) is 4.37. The van der Waals surface area contributed by atoms with Crippen LogP contribution < -0.4 is 5.73 Å². The Hall–Kier alpha value is -2.99. The second kappa shape index (κ2) is 6.49. The summed E-state index contributed by atoms with van der Waals surface area (Å²) in [5.74, 6) is -0.619. The summed E-state index contributed by atoms with van der Waals surface area (Å²) in [4.78, 5) is 22.4. The molecule has 0 spiro atoms. The summed E-state index contributed by atoms with van der Waals surface area (Å²) in [7, 11) is 0. The van der Waals surface area contributed by atoms with Gasteiger partial charge in [0.1, 0.15) is 5.69 Å². The zero-order valence-corrected chi connectivity index (χ0v) is 14.4. The first kappa shape index (κ1) is 16.9. The number of nitrogens with zero attached hydrogens (tertiary/aromatic N) is 3. The second-order valence-corrected chi connectivity index (χ2v) is 6.10. The largest absolute Gasteiger partial charge is 0.364 e. The maximum absolute atomic E-state index is 11.7. The fraction of sp³-hybridized carbons (Fsp3) is 0.111. The van der Waals surface area contributed by atoms with Crippen LogP contribution >= 0.6 is 11.6 Å². The van der Waals surface area contributed by atoms with Gasteiger partial charge in [-0.3, -0.25) is 4.79 Å². The van der Waals surface area contributed by atoms with E-state index in [0.29, 0.717) is 27.7 Å². The van der Waals surface area contributed by atoms with Crippen molar-refractivity contribution >= 4 is 23.2 Å². The summed E-state index contributed by atoms with van der Waals surface area (Å²) in [5, 5.41) is 7.76. The van der Waals surface area contributed by atoms with Crippen LogP contribution in [0.25, 0.3) is 16.9 Å². The molecule has 2 aromatic carbocycles. The van der Waals surface area contributed by atoms with Crippen LogP contribution in [0.4, 0.5) is 5.69 Å². The number of nitroso groups, excluding NO2 is 1. The van der Waals surface area contributed by atoms with Crippen molar-refractivity contribution in [3.8, 4) is 16.9 Å². The summed E-state index contributed by atoms with van der Waals surface area (Å²) in [6, 6.07) is 12.2. The van der Waals surface area contributed by atoms with Crippen LogP contribution in [0, 0.1) is 18.8 Å². The first-order valence-electron chi connectivity index (χ1n) is 7.52. The molecule has 0 bridgehead atoms. The van der Waals surface area contributed by atoms with Gasteiger partial charge in [-0.1, -0.05) is 29.8 Å². The predicted octanol–water partition coefficient (Wildman–Crippen LogP) is 4.31. The molecule has 1 aromatic heterocycles. The number of benzene rings is 2. The van der Waals surface area contributed by atoms with Gasteiger partial charge in [-0.05, 0) is 48.9 Å². The Labute approximate surface area is 149 Å². The Morgan fingerprint density at radius 1 is 1.16 bits per heavy atom. The third-order valence-corrected chi connectivity index (χ3v) is 4.24. The molecule has 0 aliphatic heterocycles. The van der Waals surface area contributed by atoms with Gasteiger partial charge in [0.05, 0.1) is 16.4 Å². The number of nitrogens with two attached hydrogens (primary N) is 1. The summed E-state index contributed by atoms with van der Waals surface area (Å²) < 4.78 is 1.60. The minimum absolute atomic E-state index is 0.171. The lowest BCUT2D eigenvalue weighted by molar-refractivity contribution is 0.0994. The van der Waals surface area contributed by atoms with Gasteiger partial charge in [0, 0.05) is 11.1 Å². The molecule has 0 aliphatic carbocycles. The van der Waals surface area contributed by atoms with E-state index in [4.69, 9.17) is 17.3 Å². The van der Waals surface area contributed by atoms with Crippen LogP contribution in [0.15, 0.2) is 47.6 Å². The van der Waals surface area contributed by atoms with Gasteiger partial charge in [0.15, 0.2) is 5.69 Å². The molecule has 3 aromatic rings. The molecule has 0 saturated heterocycles. The van der Waals surface area contributed by atoms with E-state index in [2.05, 4.69) is 10.3 Å². The van der Waals surface area contributed by atoms with Crippen LogP contribution in [0.5, 0.6) is 0 Å². The number of halogens is 1. The van der Waals surface area contributed by atoms with Crippen molar-refractivity contribution in [2.24, 2.45) is 10.9 Å². The highest BCUT2D eigenvalue weighted by atomic mass is 35.5. The molecule has 0 unspecified atom stereocenters. The summed E-state index contributed by atoms with van der Waals surface area (Å²) >= 11 is 6.38. The highest BCUT2D eigenvalue weighted by Crippen LogP contribution is 2.32. The number of carbonyl (C=O) groups excluding carboxylic acids is 1. The Balaban J connectivity index is 2.28. The molecule has 0 fully saturated rings. The quantitative estimate of drug-likeness (QED) is 0.708. The number of hydrogen-bond donors (Lipinski definition) is 1. The number of carbonyl (C=O) groups is 1. The van der Waals surface area contributed by atoms with E-state index < -0.39 is 5.91 Å². The van der Waals surface area contributed by atoms with Gasteiger partial charge in [0.25, 0.3) is 5.91 Å². The summed E-state index contributed by atoms with van der Waals surface area (Å²) in [5.41, 5.74) is 9.67. The van der Waals surface area contributed by atoms with Crippen LogP contribution in [0.2, 0.25) is 5.02 Å². The van der Waals surface area contributed by atoms with Crippen LogP contribution in [-0.2, 0) is 0 Å². The molecule has 25 heavy (non-hydrogen) atoms. The van der Waals surface area contributed by atoms with Crippen LogP contribution in [0.3, 0.4) is 0 Å². The topological polar surface area (TPSA) is 90.3 Å². The minimum atomic E-state index is -0.619. The highest BCUT2D eigenvalue weighted by molar-refractivity contribution is 6.32. The molecule has 7 heteroatoms. The maximum Gasteiger partial charge on any atom is 0.269 e. The first-order valence-corrected chi connectivity index (χ1v) is 7.90. The van der Waals surface area contributed by atoms with E-state index in [-0.39, 0.29) is 5.69 Å². The van der Waals surface area contributed by atoms with E-state index in [9.17, 15) is 9.70 Å². The fourth-order valence-electron chi connectivity index (χ4n) is 2.71. The smallest absolute Gasteiger partial charge is 0.269 e. The van der Waals surface area contributed by atoms with E-state index >= 15 is 0 Å². The van der Waals surface area contributed by atoms with Crippen molar-refractivity contribution in [2.45, 2.75) is 13.8 Å². The summed E-state index contributed by atoms with van der Waals surface area (Å²) in [6.07, 6.45) is 0. The van der Waals surface area contributed by atoms with Crippen LogP contribution in [-0.4, -0.2) is 15.7 Å². The molecule has 126 valence electrons. The Morgan fingerprint density at radius 2 is 1.84 bits per heavy atom. The number of hydrogen-bond acceptors (Lipinski definition) is 4. The zero-order valence-electron chi connectivity index (χ0n) is 13.7. The highest BCUT2D eigenvalue weighted by Gasteiger charge is 2.21. The Morgan fingerprint density at radius 3 is 2.40 bits per heavy atom. The van der Waals surface area contributed by atoms with E-state index in [0.717, 1.165) is 11.1 Å². The molecule has 0 radical (unpaired) electrons. The fourth-order valence-corrected chi connectivity index (χ4v) is 3.02. The molecule has 3 rings (SSSR count). The number of primary amides is 1. The van der Waals surface area contributed by atoms with Crippen molar-refractivity contribution in [1.82, 2.24) is 9.78 Å². The molecular formula is C18H15ClN4O2. The maximum atomic E-state index is 11.7. The molecule has 1 heterocycles. The van der Waals surface area contributed by atoms with Crippen molar-refractivity contribution in [3.63, 3.8) is 0 Å².